The average molecular weight is 136 g/mol. The summed E-state index contributed by atoms with van der Waals surface area (Å²) in [4.78, 5) is 3.89. The fourth-order valence-corrected chi connectivity index (χ4v) is 0.969. The predicted octanol–water partition coefficient (Wildman–Crippen LogP) is 1.39. The van der Waals surface area contributed by atoms with E-state index in [2.05, 4.69) is 11.2 Å². The van der Waals surface area contributed by atoms with Crippen LogP contribution < -0.4 is 0 Å². The van der Waals surface area contributed by atoms with Crippen molar-refractivity contribution >= 4 is 29.6 Å². The second-order valence-electron chi connectivity index (χ2n) is 2.14. The summed E-state index contributed by atoms with van der Waals surface area (Å²) in [6.07, 6.45) is 4.65. The van der Waals surface area contributed by atoms with Crippen LogP contribution in [0.3, 0.4) is 0 Å². The van der Waals surface area contributed by atoms with Crippen LogP contribution in [-0.4, -0.2) is 23.8 Å². The van der Waals surface area contributed by atoms with Crippen molar-refractivity contribution in [2.24, 2.45) is 0 Å². The number of fused-ring (bicyclic) bond motifs is 1. The molecule has 1 aromatic heterocycles. The SMILES string of the molecule is [LiH].[c]1nccc2ccccc12. The van der Waals surface area contributed by atoms with Crippen molar-refractivity contribution in [1.82, 2.24) is 4.98 Å². The van der Waals surface area contributed by atoms with Gasteiger partial charge in [0, 0.05) is 11.6 Å². The Morgan fingerprint density at radius 2 is 1.91 bits per heavy atom. The molecule has 0 atom stereocenters. The van der Waals surface area contributed by atoms with E-state index in [4.69, 9.17) is 0 Å². The fraction of sp³-hybridized carbons (Fsp3) is 0. The molecule has 0 unspecified atom stereocenters. The fourth-order valence-electron chi connectivity index (χ4n) is 0.969. The van der Waals surface area contributed by atoms with Crippen LogP contribution in [0.2, 0.25) is 0 Å². The first-order valence-electron chi connectivity index (χ1n) is 3.18. The Balaban J connectivity index is 0.000000605. The number of hydrogen-bond acceptors (Lipinski definition) is 1. The number of hydrogen-bond donors (Lipinski definition) is 0. The summed E-state index contributed by atoms with van der Waals surface area (Å²) in [5, 5.41) is 2.27. The van der Waals surface area contributed by atoms with E-state index in [1.807, 2.05) is 30.3 Å². The van der Waals surface area contributed by atoms with Crippen molar-refractivity contribution < 1.29 is 0 Å². The molecule has 0 saturated heterocycles. The Kier molecular flexibility index (Phi) is 2.70. The normalized spacial score (nSPS) is 9.09. The second-order valence-corrected chi connectivity index (χ2v) is 2.14. The van der Waals surface area contributed by atoms with Gasteiger partial charge in [-0.15, -0.1) is 0 Å². The molecule has 0 fully saturated rings. The van der Waals surface area contributed by atoms with Crippen LogP contribution in [0.4, 0.5) is 0 Å². The van der Waals surface area contributed by atoms with E-state index >= 15 is 0 Å². The Morgan fingerprint density at radius 1 is 1.09 bits per heavy atom. The molecule has 0 bridgehead atoms. The van der Waals surface area contributed by atoms with Crippen LogP contribution in [0.25, 0.3) is 10.8 Å². The van der Waals surface area contributed by atoms with Gasteiger partial charge in [-0.05, 0) is 11.5 Å². The van der Waals surface area contributed by atoms with Gasteiger partial charge in [-0.3, -0.25) is 4.98 Å². The molecule has 49 valence electrons. The zero-order chi connectivity index (χ0) is 6.81. The smallest absolute Gasteiger partial charge is 0.0970 e. The maximum atomic E-state index is 3.89. The molecule has 1 nitrogen and oxygen atoms in total. The van der Waals surface area contributed by atoms with Gasteiger partial charge in [0.2, 0.25) is 0 Å². The Labute approximate surface area is 77.6 Å². The van der Waals surface area contributed by atoms with Gasteiger partial charge in [0.15, 0.2) is 0 Å². The minimum atomic E-state index is 0. The van der Waals surface area contributed by atoms with Gasteiger partial charge in [-0.1, -0.05) is 24.3 Å². The first kappa shape index (κ1) is 8.33. The van der Waals surface area contributed by atoms with Gasteiger partial charge < -0.3 is 0 Å². The van der Waals surface area contributed by atoms with Gasteiger partial charge in [-0.25, -0.2) is 0 Å². The molecule has 2 aromatic rings. The Hall–Kier alpha value is -0.773. The molecule has 1 aromatic carbocycles. The maximum absolute atomic E-state index is 3.89. The topological polar surface area (TPSA) is 12.9 Å². The minimum absolute atomic E-state index is 0. The van der Waals surface area contributed by atoms with Crippen LogP contribution in [0.5, 0.6) is 0 Å². The predicted molar refractivity (Wildman–Crippen MR) is 47.7 cm³/mol. The third kappa shape index (κ3) is 1.62. The second kappa shape index (κ2) is 3.57. The summed E-state index contributed by atoms with van der Waals surface area (Å²) in [6.45, 7) is 0. The summed E-state index contributed by atoms with van der Waals surface area (Å²) < 4.78 is 0. The van der Waals surface area contributed by atoms with Crippen molar-refractivity contribution in [1.29, 1.82) is 0 Å². The van der Waals surface area contributed by atoms with Gasteiger partial charge in [0.05, 0.1) is 6.20 Å². The molecule has 2 heteroatoms. The average Bonchev–Trinajstić information content (AvgIpc) is 2.05. The molecule has 0 saturated carbocycles. The maximum Gasteiger partial charge on any atom is 0.0970 e. The standard InChI is InChI=1S/C9H6N.Li.H/c1-2-4-9-7-10-6-5-8(9)3-1;;/h1-6H;;. The number of nitrogens with zero attached hydrogens (tertiary/aromatic N) is 1. The van der Waals surface area contributed by atoms with E-state index in [0.717, 1.165) is 5.39 Å². The van der Waals surface area contributed by atoms with E-state index in [1.54, 1.807) is 6.20 Å². The zero-order valence-corrected chi connectivity index (χ0v) is 5.41. The molecule has 2 rings (SSSR count). The van der Waals surface area contributed by atoms with Gasteiger partial charge in [0.1, 0.15) is 0 Å². The Bertz CT molecular complexity index is 281. The molecule has 0 aliphatic rings. The monoisotopic (exact) mass is 136 g/mol. The van der Waals surface area contributed by atoms with Crippen LogP contribution in [0, 0.1) is 6.20 Å². The van der Waals surface area contributed by atoms with Crippen molar-refractivity contribution in [3.05, 3.63) is 42.7 Å². The Morgan fingerprint density at radius 3 is 2.73 bits per heavy atom. The number of rotatable bonds is 0. The van der Waals surface area contributed by atoms with Crippen LogP contribution in [0.1, 0.15) is 0 Å². The van der Waals surface area contributed by atoms with Crippen molar-refractivity contribution in [2.45, 2.75) is 0 Å². The summed E-state index contributed by atoms with van der Waals surface area (Å²) >= 11 is 0. The van der Waals surface area contributed by atoms with Gasteiger partial charge >= 0.3 is 18.9 Å². The number of aromatic nitrogens is 1. The van der Waals surface area contributed by atoms with Crippen LogP contribution in [-0.2, 0) is 0 Å². The number of pyridine rings is 1. The molecule has 0 amide bonds. The van der Waals surface area contributed by atoms with Crippen molar-refractivity contribution in [3.8, 4) is 0 Å². The molecule has 1 radical (unpaired) electrons. The quantitative estimate of drug-likeness (QED) is 0.498. The summed E-state index contributed by atoms with van der Waals surface area (Å²) in [5.74, 6) is 0. The van der Waals surface area contributed by atoms with E-state index in [-0.39, 0.29) is 18.9 Å². The number of benzene rings is 1. The molecular formula is C9H7LiN. The first-order chi connectivity index (χ1) is 4.97. The summed E-state index contributed by atoms with van der Waals surface area (Å²) in [7, 11) is 0. The molecule has 0 aliphatic carbocycles. The van der Waals surface area contributed by atoms with Crippen molar-refractivity contribution in [2.75, 3.05) is 0 Å². The van der Waals surface area contributed by atoms with E-state index in [1.165, 1.54) is 5.39 Å². The third-order valence-corrected chi connectivity index (χ3v) is 1.47. The summed E-state index contributed by atoms with van der Waals surface area (Å²) in [5.41, 5.74) is 0. The van der Waals surface area contributed by atoms with E-state index < -0.39 is 0 Å². The summed E-state index contributed by atoms with van der Waals surface area (Å²) in [6, 6.07) is 10.0. The molecule has 0 spiro atoms. The molecule has 0 aliphatic heterocycles. The first-order valence-corrected chi connectivity index (χ1v) is 3.18. The molecular weight excluding hydrogens is 129 g/mol. The molecule has 0 N–H and O–H groups in total. The minimum Gasteiger partial charge on any atom is -0.254 e. The van der Waals surface area contributed by atoms with Crippen molar-refractivity contribution in [3.63, 3.8) is 0 Å². The third-order valence-electron chi connectivity index (χ3n) is 1.47. The molecule has 1 heterocycles. The zero-order valence-electron chi connectivity index (χ0n) is 5.41. The van der Waals surface area contributed by atoms with Gasteiger partial charge in [0.25, 0.3) is 0 Å². The van der Waals surface area contributed by atoms with E-state index in [0.29, 0.717) is 0 Å². The largest absolute Gasteiger partial charge is 0.254 e. The van der Waals surface area contributed by atoms with E-state index in [9.17, 15) is 0 Å². The van der Waals surface area contributed by atoms with Crippen LogP contribution >= 0.6 is 0 Å². The van der Waals surface area contributed by atoms with Gasteiger partial charge in [-0.2, -0.15) is 0 Å². The van der Waals surface area contributed by atoms with Crippen LogP contribution in [0.15, 0.2) is 36.5 Å². The molecule has 11 heavy (non-hydrogen) atoms.